The number of rotatable bonds is 5. The summed E-state index contributed by atoms with van der Waals surface area (Å²) in [6.07, 6.45) is -2.55. The number of hydrazine groups is 1. The van der Waals surface area contributed by atoms with Crippen molar-refractivity contribution in [1.29, 1.82) is 0 Å². The van der Waals surface area contributed by atoms with E-state index in [0.29, 0.717) is 16.0 Å². The normalized spacial score (nSPS) is 21.8. The number of anilines is 1. The summed E-state index contributed by atoms with van der Waals surface area (Å²) < 4.78 is 65.7. The summed E-state index contributed by atoms with van der Waals surface area (Å²) in [5.74, 6) is -5.48. The number of hydrogen-bond acceptors (Lipinski definition) is 6. The highest BCUT2D eigenvalue weighted by molar-refractivity contribution is 5.99. The molecule has 2 aromatic heterocycles. The number of benzene rings is 2. The Bertz CT molecular complexity index is 1610. The molecule has 202 valence electrons. The van der Waals surface area contributed by atoms with Crippen LogP contribution in [0.15, 0.2) is 67.1 Å². The van der Waals surface area contributed by atoms with Gasteiger partial charge in [-0.2, -0.15) is 18.6 Å². The van der Waals surface area contributed by atoms with Gasteiger partial charge < -0.3 is 15.0 Å². The Morgan fingerprint density at radius 1 is 1.10 bits per heavy atom. The molecular weight excluding hydrogens is 520 g/mol. The summed E-state index contributed by atoms with van der Waals surface area (Å²) in [6, 6.07) is 11.9. The highest BCUT2D eigenvalue weighted by Gasteiger charge is 2.62. The van der Waals surface area contributed by atoms with Crippen LogP contribution in [0.5, 0.6) is 11.6 Å². The highest BCUT2D eigenvalue weighted by Crippen LogP contribution is 2.48. The van der Waals surface area contributed by atoms with E-state index in [2.05, 4.69) is 15.4 Å². The molecule has 0 bridgehead atoms. The van der Waals surface area contributed by atoms with Crippen molar-refractivity contribution in [2.45, 2.75) is 30.7 Å². The number of fused-ring (bicyclic) bond motifs is 1. The number of carbonyl (C=O) groups excluding carboxylic acids is 2. The number of hydrogen-bond donors (Lipinski definition) is 2. The third-order valence-corrected chi connectivity index (χ3v) is 6.88. The fourth-order valence-electron chi connectivity index (χ4n) is 4.81. The third kappa shape index (κ3) is 4.14. The highest BCUT2D eigenvalue weighted by atomic mass is 19.4. The molecule has 1 aliphatic rings. The van der Waals surface area contributed by atoms with Gasteiger partial charge >= 0.3 is 6.18 Å². The molecule has 0 radical (unpaired) electrons. The molecule has 0 saturated carbocycles. The topological polar surface area (TPSA) is 115 Å². The van der Waals surface area contributed by atoms with Crippen LogP contribution in [0.1, 0.15) is 24.5 Å². The van der Waals surface area contributed by atoms with Gasteiger partial charge in [-0.15, -0.1) is 0 Å². The molecule has 4 aromatic rings. The number of carbonyl (C=O) groups is 2. The maximum atomic E-state index is 16.8. The Hall–Kier alpha value is -4.52. The average Bonchev–Trinajstić information content (AvgIpc) is 3.27. The van der Waals surface area contributed by atoms with Crippen molar-refractivity contribution in [3.63, 3.8) is 0 Å². The molecule has 0 aliphatic carbocycles. The van der Waals surface area contributed by atoms with Crippen molar-refractivity contribution in [2.24, 2.45) is 12.8 Å². The zero-order valence-electron chi connectivity index (χ0n) is 20.7. The minimum atomic E-state index is -4.86. The van der Waals surface area contributed by atoms with Crippen LogP contribution in [0.2, 0.25) is 0 Å². The first-order valence-electron chi connectivity index (χ1n) is 11.7. The number of aromatic nitrogens is 3. The van der Waals surface area contributed by atoms with Crippen LogP contribution in [0, 0.1) is 0 Å². The summed E-state index contributed by atoms with van der Waals surface area (Å²) in [7, 11) is 1.78. The van der Waals surface area contributed by atoms with Crippen LogP contribution < -0.4 is 20.9 Å². The van der Waals surface area contributed by atoms with Crippen LogP contribution in [-0.4, -0.2) is 32.1 Å². The number of alkyl halides is 4. The SMILES string of the molecule is Cn1ccc2c(Oc3ccccc3C3(C)CC(=O)N(c4ccccc4C(F)(F)F)NC3(F)C(N)=O)ncnc21. The molecule has 5 rings (SSSR count). The van der Waals surface area contributed by atoms with Crippen molar-refractivity contribution in [2.75, 3.05) is 5.01 Å². The van der Waals surface area contributed by atoms with E-state index in [-0.39, 0.29) is 17.2 Å². The third-order valence-electron chi connectivity index (χ3n) is 6.88. The number of ether oxygens (including phenoxy) is 1. The number of nitrogens with one attached hydrogen (secondary N) is 1. The van der Waals surface area contributed by atoms with E-state index in [1.54, 1.807) is 36.0 Å². The van der Waals surface area contributed by atoms with Crippen LogP contribution in [0.4, 0.5) is 23.2 Å². The first-order chi connectivity index (χ1) is 18.4. The van der Waals surface area contributed by atoms with Gasteiger partial charge in [-0.25, -0.2) is 19.4 Å². The van der Waals surface area contributed by atoms with Gasteiger partial charge in [0.25, 0.3) is 11.7 Å². The second kappa shape index (κ2) is 9.05. The van der Waals surface area contributed by atoms with E-state index in [4.69, 9.17) is 10.5 Å². The molecule has 2 aromatic carbocycles. The standard InChI is InChI=1S/C26H22F4N6O3/c1-24(17-8-4-6-10-19(17)39-22-15-11-12-35(2)21(15)32-14-33-22)13-20(37)36(34-25(24,27)23(31)38)18-9-5-3-7-16(18)26(28,29)30/h3-12,14,34H,13H2,1-2H3,(H2,31,38). The molecule has 3 N–H and O–H groups in total. The zero-order valence-corrected chi connectivity index (χ0v) is 20.7. The summed E-state index contributed by atoms with van der Waals surface area (Å²) >= 11 is 0. The van der Waals surface area contributed by atoms with Crippen molar-refractivity contribution < 1.29 is 31.9 Å². The molecule has 13 heteroatoms. The van der Waals surface area contributed by atoms with Gasteiger partial charge in [0.2, 0.25) is 11.8 Å². The van der Waals surface area contributed by atoms with E-state index < -0.39 is 46.9 Å². The number of amides is 2. The lowest BCUT2D eigenvalue weighted by Gasteiger charge is -2.48. The number of nitrogens with zero attached hydrogens (tertiary/aromatic N) is 4. The maximum Gasteiger partial charge on any atom is 0.418 e. The van der Waals surface area contributed by atoms with E-state index in [1.807, 2.05) is 0 Å². The first-order valence-corrected chi connectivity index (χ1v) is 11.7. The predicted octanol–water partition coefficient (Wildman–Crippen LogP) is 4.13. The number of halogens is 4. The largest absolute Gasteiger partial charge is 0.438 e. The van der Waals surface area contributed by atoms with E-state index in [9.17, 15) is 22.8 Å². The second-order valence-corrected chi connectivity index (χ2v) is 9.33. The molecule has 3 heterocycles. The molecule has 9 nitrogen and oxygen atoms in total. The van der Waals surface area contributed by atoms with E-state index in [1.165, 1.54) is 31.5 Å². The lowest BCUT2D eigenvalue weighted by molar-refractivity contribution is -0.146. The van der Waals surface area contributed by atoms with Crippen LogP contribution in [0.3, 0.4) is 0 Å². The van der Waals surface area contributed by atoms with Gasteiger partial charge in [-0.1, -0.05) is 30.3 Å². The fourth-order valence-corrected chi connectivity index (χ4v) is 4.81. The minimum absolute atomic E-state index is 0.0610. The molecule has 2 amide bonds. The molecular formula is C26H22F4N6O3. The summed E-state index contributed by atoms with van der Waals surface area (Å²) in [5, 5.41) is 0.936. The van der Waals surface area contributed by atoms with Crippen molar-refractivity contribution >= 4 is 28.5 Å². The molecule has 2 unspecified atom stereocenters. The Kier molecular flexibility index (Phi) is 6.06. The maximum absolute atomic E-state index is 16.8. The van der Waals surface area contributed by atoms with Crippen LogP contribution >= 0.6 is 0 Å². The van der Waals surface area contributed by atoms with Gasteiger partial charge in [0.05, 0.1) is 22.1 Å². The summed E-state index contributed by atoms with van der Waals surface area (Å²) in [5.41, 5.74) is 4.35. The van der Waals surface area contributed by atoms with Crippen molar-refractivity contribution in [3.05, 3.63) is 78.2 Å². The first kappa shape index (κ1) is 26.1. The van der Waals surface area contributed by atoms with Crippen molar-refractivity contribution in [3.8, 4) is 11.6 Å². The van der Waals surface area contributed by atoms with Gasteiger partial charge in [-0.05, 0) is 31.2 Å². The second-order valence-electron chi connectivity index (χ2n) is 9.33. The molecule has 1 saturated heterocycles. The van der Waals surface area contributed by atoms with Gasteiger partial charge in [0, 0.05) is 25.2 Å². The Morgan fingerprint density at radius 2 is 1.79 bits per heavy atom. The lowest BCUT2D eigenvalue weighted by atomic mass is 9.69. The number of nitrogens with two attached hydrogens (primary N) is 1. The van der Waals surface area contributed by atoms with Crippen LogP contribution in [0.25, 0.3) is 11.0 Å². The number of primary amides is 1. The number of para-hydroxylation sites is 2. The zero-order chi connectivity index (χ0) is 28.2. The summed E-state index contributed by atoms with van der Waals surface area (Å²) in [6.45, 7) is 1.27. The quantitative estimate of drug-likeness (QED) is 0.290. The fraction of sp³-hybridized carbons (Fsp3) is 0.231. The molecule has 39 heavy (non-hydrogen) atoms. The average molecular weight is 542 g/mol. The Labute approximate surface area is 219 Å². The number of aryl methyl sites for hydroxylation is 1. The molecule has 1 fully saturated rings. The Morgan fingerprint density at radius 3 is 2.51 bits per heavy atom. The van der Waals surface area contributed by atoms with E-state index in [0.717, 1.165) is 18.2 Å². The van der Waals surface area contributed by atoms with Gasteiger partial charge in [-0.3, -0.25) is 9.59 Å². The van der Waals surface area contributed by atoms with Gasteiger partial charge in [0.15, 0.2) is 0 Å². The Balaban J connectivity index is 1.60. The smallest absolute Gasteiger partial charge is 0.418 e. The molecule has 0 spiro atoms. The predicted molar refractivity (Wildman–Crippen MR) is 132 cm³/mol. The van der Waals surface area contributed by atoms with E-state index >= 15 is 4.39 Å². The summed E-state index contributed by atoms with van der Waals surface area (Å²) in [4.78, 5) is 34.3. The van der Waals surface area contributed by atoms with Gasteiger partial charge in [0.1, 0.15) is 17.7 Å². The minimum Gasteiger partial charge on any atom is -0.438 e. The van der Waals surface area contributed by atoms with Crippen LogP contribution in [-0.2, 0) is 28.2 Å². The molecule has 1 aliphatic heterocycles. The lowest BCUT2D eigenvalue weighted by Crippen LogP contribution is -2.73. The molecule has 2 atom stereocenters. The monoisotopic (exact) mass is 542 g/mol. The van der Waals surface area contributed by atoms with Crippen molar-refractivity contribution in [1.82, 2.24) is 20.0 Å².